The van der Waals surface area contributed by atoms with Crippen LogP contribution in [0.3, 0.4) is 0 Å². The molecular weight excluding hydrogens is 236 g/mol. The Morgan fingerprint density at radius 3 is 2.28 bits per heavy atom. The van der Waals surface area contributed by atoms with Gasteiger partial charge in [0.25, 0.3) is 5.92 Å². The van der Waals surface area contributed by atoms with Gasteiger partial charge in [-0.2, -0.15) is 0 Å². The molecular formula is C13H21F2N3. The van der Waals surface area contributed by atoms with E-state index in [4.69, 9.17) is 0 Å². The normalized spacial score (nSPS) is 17.7. The van der Waals surface area contributed by atoms with Gasteiger partial charge >= 0.3 is 0 Å². The summed E-state index contributed by atoms with van der Waals surface area (Å²) in [6.45, 7) is 4.75. The van der Waals surface area contributed by atoms with Crippen LogP contribution in [-0.2, 0) is 0 Å². The van der Waals surface area contributed by atoms with Gasteiger partial charge in [0.15, 0.2) is 0 Å². The van der Waals surface area contributed by atoms with Crippen molar-refractivity contribution in [3.63, 3.8) is 0 Å². The van der Waals surface area contributed by atoms with Crippen molar-refractivity contribution < 1.29 is 8.78 Å². The van der Waals surface area contributed by atoms with Crippen molar-refractivity contribution in [1.29, 1.82) is 0 Å². The zero-order valence-electron chi connectivity index (χ0n) is 11.2. The summed E-state index contributed by atoms with van der Waals surface area (Å²) in [6.07, 6.45) is 1.55. The maximum atomic E-state index is 13.0. The largest absolute Gasteiger partial charge is 0.387 e. The van der Waals surface area contributed by atoms with E-state index in [1.54, 1.807) is 6.20 Å². The van der Waals surface area contributed by atoms with Crippen LogP contribution in [0.2, 0.25) is 0 Å². The number of hydrogen-bond donors (Lipinski definition) is 1. The molecule has 0 unspecified atom stereocenters. The van der Waals surface area contributed by atoms with Crippen LogP contribution in [0.25, 0.3) is 0 Å². The summed E-state index contributed by atoms with van der Waals surface area (Å²) in [7, 11) is 1.82. The number of pyridine rings is 1. The Labute approximate surface area is 107 Å². The van der Waals surface area contributed by atoms with E-state index in [1.807, 2.05) is 37.9 Å². The lowest BCUT2D eigenvalue weighted by atomic mass is 10.1. The highest BCUT2D eigenvalue weighted by Crippen LogP contribution is 2.29. The van der Waals surface area contributed by atoms with Gasteiger partial charge in [0.2, 0.25) is 0 Å². The number of rotatable bonds is 2. The summed E-state index contributed by atoms with van der Waals surface area (Å²) >= 11 is 0. The molecule has 1 aliphatic rings. The van der Waals surface area contributed by atoms with Gasteiger partial charge in [0.1, 0.15) is 5.82 Å². The van der Waals surface area contributed by atoms with Gasteiger partial charge in [-0.3, -0.25) is 0 Å². The van der Waals surface area contributed by atoms with Gasteiger partial charge < -0.3 is 10.2 Å². The fourth-order valence-corrected chi connectivity index (χ4v) is 1.78. The van der Waals surface area contributed by atoms with Crippen LogP contribution in [0.4, 0.5) is 20.3 Å². The van der Waals surface area contributed by atoms with E-state index in [-0.39, 0.29) is 12.8 Å². The average Bonchev–Trinajstić information content (AvgIpc) is 2.41. The van der Waals surface area contributed by atoms with E-state index in [2.05, 4.69) is 10.3 Å². The Morgan fingerprint density at radius 1 is 1.22 bits per heavy atom. The lowest BCUT2D eigenvalue weighted by Crippen LogP contribution is -2.39. The van der Waals surface area contributed by atoms with Gasteiger partial charge in [-0.1, -0.05) is 13.8 Å². The molecule has 0 aliphatic carbocycles. The third kappa shape index (κ3) is 3.82. The molecule has 2 heterocycles. The van der Waals surface area contributed by atoms with Crippen molar-refractivity contribution >= 4 is 11.5 Å². The molecule has 0 radical (unpaired) electrons. The second-order valence-corrected chi connectivity index (χ2v) is 4.00. The van der Waals surface area contributed by atoms with Crippen molar-refractivity contribution in [1.82, 2.24) is 4.98 Å². The van der Waals surface area contributed by atoms with Crippen LogP contribution in [0.15, 0.2) is 18.3 Å². The topological polar surface area (TPSA) is 28.2 Å². The molecule has 0 spiro atoms. The smallest absolute Gasteiger partial charge is 0.251 e. The Bertz CT molecular complexity index is 342. The second kappa shape index (κ2) is 6.52. The molecule has 1 N–H and O–H groups in total. The number of anilines is 2. The molecule has 5 heteroatoms. The van der Waals surface area contributed by atoms with Crippen molar-refractivity contribution in [2.45, 2.75) is 32.6 Å². The maximum absolute atomic E-state index is 13.0. The highest BCUT2D eigenvalue weighted by atomic mass is 19.3. The maximum Gasteiger partial charge on any atom is 0.251 e. The van der Waals surface area contributed by atoms with Crippen LogP contribution in [-0.4, -0.2) is 31.0 Å². The van der Waals surface area contributed by atoms with Crippen molar-refractivity contribution in [3.05, 3.63) is 18.3 Å². The van der Waals surface area contributed by atoms with Gasteiger partial charge in [-0.15, -0.1) is 0 Å². The first kappa shape index (κ1) is 14.7. The minimum absolute atomic E-state index is 0.0809. The summed E-state index contributed by atoms with van der Waals surface area (Å²) in [5.74, 6) is -1.73. The predicted octanol–water partition coefficient (Wildman–Crippen LogP) is 3.39. The minimum atomic E-state index is -2.50. The molecule has 0 amide bonds. The molecule has 0 saturated carbocycles. The SMILES string of the molecule is CC.CNc1ccc(N2CCC(F)(F)CC2)nc1. The van der Waals surface area contributed by atoms with Gasteiger partial charge in [-0.25, -0.2) is 13.8 Å². The molecule has 102 valence electrons. The third-order valence-corrected chi connectivity index (χ3v) is 2.86. The van der Waals surface area contributed by atoms with Crippen molar-refractivity contribution in [2.75, 3.05) is 30.4 Å². The number of nitrogens with one attached hydrogen (secondary N) is 1. The summed E-state index contributed by atoms with van der Waals surface area (Å²) in [5, 5.41) is 2.97. The summed E-state index contributed by atoms with van der Waals surface area (Å²) < 4.78 is 25.9. The highest BCUT2D eigenvalue weighted by molar-refractivity contribution is 5.48. The quantitative estimate of drug-likeness (QED) is 0.880. The Balaban J connectivity index is 0.000000771. The van der Waals surface area contributed by atoms with Gasteiger partial charge in [-0.05, 0) is 12.1 Å². The van der Waals surface area contributed by atoms with Gasteiger partial charge in [0.05, 0.1) is 11.9 Å². The number of hydrogen-bond acceptors (Lipinski definition) is 3. The van der Waals surface area contributed by atoms with Crippen molar-refractivity contribution in [3.8, 4) is 0 Å². The van der Waals surface area contributed by atoms with Crippen LogP contribution >= 0.6 is 0 Å². The van der Waals surface area contributed by atoms with E-state index in [0.717, 1.165) is 11.5 Å². The fourth-order valence-electron chi connectivity index (χ4n) is 1.78. The molecule has 1 fully saturated rings. The molecule has 1 aromatic rings. The zero-order valence-corrected chi connectivity index (χ0v) is 11.2. The molecule has 18 heavy (non-hydrogen) atoms. The molecule has 1 saturated heterocycles. The number of halogens is 2. The number of aromatic nitrogens is 1. The first-order valence-corrected chi connectivity index (χ1v) is 6.37. The third-order valence-electron chi connectivity index (χ3n) is 2.86. The molecule has 1 aromatic heterocycles. The number of alkyl halides is 2. The first-order valence-electron chi connectivity index (χ1n) is 6.37. The van der Waals surface area contributed by atoms with E-state index < -0.39 is 5.92 Å². The van der Waals surface area contributed by atoms with E-state index >= 15 is 0 Å². The summed E-state index contributed by atoms with van der Waals surface area (Å²) in [4.78, 5) is 6.14. The predicted molar refractivity (Wildman–Crippen MR) is 71.5 cm³/mol. The molecule has 0 aromatic carbocycles. The average molecular weight is 257 g/mol. The van der Waals surface area contributed by atoms with Crippen molar-refractivity contribution in [2.24, 2.45) is 0 Å². The first-order chi connectivity index (χ1) is 8.61. The van der Waals surface area contributed by atoms with Gasteiger partial charge in [0, 0.05) is 33.0 Å². The number of nitrogens with zero attached hydrogens (tertiary/aromatic N) is 2. The van der Waals surface area contributed by atoms with Crippen LogP contribution in [0.1, 0.15) is 26.7 Å². The van der Waals surface area contributed by atoms with Crippen LogP contribution in [0, 0.1) is 0 Å². The molecule has 3 nitrogen and oxygen atoms in total. The van der Waals surface area contributed by atoms with Crippen LogP contribution in [0.5, 0.6) is 0 Å². The molecule has 1 aliphatic heterocycles. The molecule has 2 rings (SSSR count). The zero-order chi connectivity index (χ0) is 13.6. The minimum Gasteiger partial charge on any atom is -0.387 e. The summed E-state index contributed by atoms with van der Waals surface area (Å²) in [6, 6.07) is 3.75. The standard InChI is InChI=1S/C11H15F2N3.C2H6/c1-14-9-2-3-10(15-8-9)16-6-4-11(12,13)5-7-16;1-2/h2-3,8,14H,4-7H2,1H3;1-2H3. The lowest BCUT2D eigenvalue weighted by Gasteiger charge is -2.32. The highest BCUT2D eigenvalue weighted by Gasteiger charge is 2.34. The van der Waals surface area contributed by atoms with E-state index in [1.165, 1.54) is 0 Å². The Morgan fingerprint density at radius 2 is 1.83 bits per heavy atom. The Hall–Kier alpha value is -1.39. The lowest BCUT2D eigenvalue weighted by molar-refractivity contribution is -0.0221. The number of piperidine rings is 1. The molecule has 0 bridgehead atoms. The van der Waals surface area contributed by atoms with E-state index in [9.17, 15) is 8.78 Å². The fraction of sp³-hybridized carbons (Fsp3) is 0.615. The monoisotopic (exact) mass is 257 g/mol. The molecule has 0 atom stereocenters. The van der Waals surface area contributed by atoms with Crippen LogP contribution < -0.4 is 10.2 Å². The van der Waals surface area contributed by atoms with E-state index in [0.29, 0.717) is 13.1 Å². The summed E-state index contributed by atoms with van der Waals surface area (Å²) in [5.41, 5.74) is 0.922. The second-order valence-electron chi connectivity index (χ2n) is 4.00. The Kier molecular flexibility index (Phi) is 5.31.